The van der Waals surface area contributed by atoms with Crippen LogP contribution in [0.1, 0.15) is 33.2 Å². The smallest absolute Gasteiger partial charge is 0.321 e. The number of anilines is 1. The summed E-state index contributed by atoms with van der Waals surface area (Å²) < 4.78 is 16.4. The lowest BCUT2D eigenvalue weighted by Crippen LogP contribution is -2.51. The molecule has 4 rings (SSSR count). The summed E-state index contributed by atoms with van der Waals surface area (Å²) in [5.41, 5.74) is 2.25. The highest BCUT2D eigenvalue weighted by atomic mass is 16.5. The number of hydrogen-bond acceptors (Lipinski definition) is 5. The van der Waals surface area contributed by atoms with Crippen LogP contribution in [0.15, 0.2) is 57.6 Å². The van der Waals surface area contributed by atoms with E-state index in [2.05, 4.69) is 5.32 Å². The van der Waals surface area contributed by atoms with Crippen LogP contribution >= 0.6 is 0 Å². The molecule has 168 valence electrons. The lowest BCUT2D eigenvalue weighted by atomic mass is 10.2. The van der Waals surface area contributed by atoms with E-state index < -0.39 is 0 Å². The van der Waals surface area contributed by atoms with Crippen molar-refractivity contribution in [2.75, 3.05) is 31.5 Å². The maximum Gasteiger partial charge on any atom is 0.321 e. The van der Waals surface area contributed by atoms with Crippen molar-refractivity contribution >= 4 is 17.6 Å². The van der Waals surface area contributed by atoms with Gasteiger partial charge in [0.15, 0.2) is 0 Å². The summed E-state index contributed by atoms with van der Waals surface area (Å²) in [6.07, 6.45) is 1.62. The third-order valence-electron chi connectivity index (χ3n) is 5.40. The Hall–Kier alpha value is -3.52. The average Bonchev–Trinajstić information content (AvgIpc) is 3.42. The molecule has 0 spiro atoms. The Kier molecular flexibility index (Phi) is 6.61. The van der Waals surface area contributed by atoms with Gasteiger partial charge in [-0.15, -0.1) is 0 Å². The van der Waals surface area contributed by atoms with Crippen molar-refractivity contribution in [3.8, 4) is 0 Å². The van der Waals surface area contributed by atoms with E-state index in [0.717, 1.165) is 17.1 Å². The molecule has 1 saturated heterocycles. The zero-order chi connectivity index (χ0) is 22.5. The highest BCUT2D eigenvalue weighted by Gasteiger charge is 2.26. The number of carbonyl (C=O) groups excluding carboxylic acids is 2. The lowest BCUT2D eigenvalue weighted by molar-refractivity contribution is 0.0670. The van der Waals surface area contributed by atoms with Gasteiger partial charge in [-0.3, -0.25) is 4.79 Å². The maximum atomic E-state index is 12.7. The summed E-state index contributed by atoms with van der Waals surface area (Å²) in [5, 5.41) is 2.94. The van der Waals surface area contributed by atoms with Crippen molar-refractivity contribution in [1.82, 2.24) is 9.80 Å². The molecule has 0 saturated carbocycles. The normalized spacial score (nSPS) is 13.9. The number of urea groups is 1. The van der Waals surface area contributed by atoms with Crippen LogP contribution in [0, 0.1) is 13.8 Å². The van der Waals surface area contributed by atoms with Crippen molar-refractivity contribution in [2.45, 2.75) is 27.1 Å². The number of aryl methyl sites for hydroxylation is 2. The molecule has 3 aromatic rings. The molecule has 3 heterocycles. The van der Waals surface area contributed by atoms with E-state index in [9.17, 15) is 9.59 Å². The van der Waals surface area contributed by atoms with Crippen LogP contribution < -0.4 is 5.32 Å². The van der Waals surface area contributed by atoms with Crippen molar-refractivity contribution < 1.29 is 23.2 Å². The first-order valence-corrected chi connectivity index (χ1v) is 10.6. The van der Waals surface area contributed by atoms with Crippen molar-refractivity contribution in [3.05, 3.63) is 77.1 Å². The SMILES string of the molecule is Cc1cc(C(=O)N2CCN(C(=O)Nc3cccc(COCc4ccco4)c3)CC2)c(C)o1. The molecule has 0 aliphatic carbocycles. The third-order valence-corrected chi connectivity index (χ3v) is 5.40. The van der Waals surface area contributed by atoms with Gasteiger partial charge in [0.2, 0.25) is 0 Å². The molecular weight excluding hydrogens is 410 g/mol. The number of carbonyl (C=O) groups is 2. The second-order valence-electron chi connectivity index (χ2n) is 7.81. The van der Waals surface area contributed by atoms with E-state index in [1.807, 2.05) is 43.3 Å². The molecule has 1 aromatic carbocycles. The molecule has 0 bridgehead atoms. The number of piperazine rings is 1. The molecule has 1 aliphatic rings. The van der Waals surface area contributed by atoms with Crippen LogP contribution in [-0.4, -0.2) is 47.9 Å². The zero-order valence-electron chi connectivity index (χ0n) is 18.3. The largest absolute Gasteiger partial charge is 0.467 e. The summed E-state index contributed by atoms with van der Waals surface area (Å²) in [6, 6.07) is 12.8. The first kappa shape index (κ1) is 21.7. The number of rotatable bonds is 6. The molecule has 0 atom stereocenters. The van der Waals surface area contributed by atoms with Crippen LogP contribution in [0.3, 0.4) is 0 Å². The van der Waals surface area contributed by atoms with Crippen molar-refractivity contribution in [2.24, 2.45) is 0 Å². The fourth-order valence-electron chi connectivity index (χ4n) is 3.73. The molecule has 2 aromatic heterocycles. The average molecular weight is 437 g/mol. The molecule has 1 fully saturated rings. The number of benzene rings is 1. The van der Waals surface area contributed by atoms with E-state index in [1.165, 1.54) is 0 Å². The molecule has 0 radical (unpaired) electrons. The minimum atomic E-state index is -0.180. The Morgan fingerprint density at radius 1 is 1.00 bits per heavy atom. The summed E-state index contributed by atoms with van der Waals surface area (Å²) in [5.74, 6) is 2.06. The number of amides is 3. The van der Waals surface area contributed by atoms with Gasteiger partial charge < -0.3 is 28.7 Å². The molecule has 1 aliphatic heterocycles. The first-order valence-electron chi connectivity index (χ1n) is 10.6. The second-order valence-corrected chi connectivity index (χ2v) is 7.81. The van der Waals surface area contributed by atoms with Gasteiger partial charge in [-0.2, -0.15) is 0 Å². The molecule has 0 unspecified atom stereocenters. The van der Waals surface area contributed by atoms with Crippen LogP contribution in [-0.2, 0) is 18.0 Å². The fraction of sp³-hybridized carbons (Fsp3) is 0.333. The summed E-state index contributed by atoms with van der Waals surface area (Å²) in [6.45, 7) is 6.33. The van der Waals surface area contributed by atoms with Crippen molar-refractivity contribution in [3.63, 3.8) is 0 Å². The van der Waals surface area contributed by atoms with Crippen LogP contribution in [0.5, 0.6) is 0 Å². The molecule has 1 N–H and O–H groups in total. The summed E-state index contributed by atoms with van der Waals surface area (Å²) in [7, 11) is 0. The lowest BCUT2D eigenvalue weighted by Gasteiger charge is -2.34. The minimum Gasteiger partial charge on any atom is -0.467 e. The number of nitrogens with one attached hydrogen (secondary N) is 1. The van der Waals surface area contributed by atoms with E-state index in [4.69, 9.17) is 13.6 Å². The van der Waals surface area contributed by atoms with E-state index >= 15 is 0 Å². The first-order chi connectivity index (χ1) is 15.5. The molecule has 3 amide bonds. The highest BCUT2D eigenvalue weighted by molar-refractivity contribution is 5.95. The monoisotopic (exact) mass is 437 g/mol. The highest BCUT2D eigenvalue weighted by Crippen LogP contribution is 2.18. The Morgan fingerprint density at radius 3 is 2.47 bits per heavy atom. The molecular formula is C24H27N3O5. The van der Waals surface area contributed by atoms with Crippen molar-refractivity contribution in [1.29, 1.82) is 0 Å². The zero-order valence-corrected chi connectivity index (χ0v) is 18.3. The Labute approximate surface area is 186 Å². The number of furan rings is 2. The van der Waals surface area contributed by atoms with E-state index in [1.54, 1.807) is 29.1 Å². The van der Waals surface area contributed by atoms with Crippen LogP contribution in [0.25, 0.3) is 0 Å². The van der Waals surface area contributed by atoms with Gasteiger partial charge in [-0.25, -0.2) is 4.79 Å². The summed E-state index contributed by atoms with van der Waals surface area (Å²) >= 11 is 0. The number of nitrogens with zero attached hydrogens (tertiary/aromatic N) is 2. The van der Waals surface area contributed by atoms with Gasteiger partial charge in [0.05, 0.1) is 18.4 Å². The Balaban J connectivity index is 1.26. The summed E-state index contributed by atoms with van der Waals surface area (Å²) in [4.78, 5) is 28.9. The van der Waals surface area contributed by atoms with Crippen LogP contribution in [0.4, 0.5) is 10.5 Å². The predicted molar refractivity (Wildman–Crippen MR) is 118 cm³/mol. The Morgan fingerprint density at radius 2 is 1.78 bits per heavy atom. The number of ether oxygens (including phenoxy) is 1. The fourth-order valence-corrected chi connectivity index (χ4v) is 3.73. The van der Waals surface area contributed by atoms with E-state index in [0.29, 0.717) is 56.4 Å². The standard InChI is InChI=1S/C24H27N3O5/c1-17-13-22(18(2)32-17)23(28)26-8-10-27(11-9-26)24(29)25-20-6-3-5-19(14-20)15-30-16-21-7-4-12-31-21/h3-7,12-14H,8-11,15-16H2,1-2H3,(H,25,29). The Bertz CT molecular complexity index is 1070. The topological polar surface area (TPSA) is 88.2 Å². The number of hydrogen-bond donors (Lipinski definition) is 1. The molecule has 8 heteroatoms. The van der Waals surface area contributed by atoms with Gasteiger partial charge in [0.25, 0.3) is 5.91 Å². The maximum absolute atomic E-state index is 12.7. The molecule has 32 heavy (non-hydrogen) atoms. The minimum absolute atomic E-state index is 0.0540. The second kappa shape index (κ2) is 9.74. The van der Waals surface area contributed by atoms with E-state index in [-0.39, 0.29) is 11.9 Å². The van der Waals surface area contributed by atoms with Gasteiger partial charge in [0, 0.05) is 31.9 Å². The van der Waals surface area contributed by atoms with Gasteiger partial charge in [-0.1, -0.05) is 12.1 Å². The predicted octanol–water partition coefficient (Wildman–Crippen LogP) is 4.20. The quantitative estimate of drug-likeness (QED) is 0.625. The van der Waals surface area contributed by atoms with Gasteiger partial charge in [-0.05, 0) is 49.7 Å². The third kappa shape index (κ3) is 5.20. The van der Waals surface area contributed by atoms with Crippen LogP contribution in [0.2, 0.25) is 0 Å². The van der Waals surface area contributed by atoms with Gasteiger partial charge >= 0.3 is 6.03 Å². The molecule has 8 nitrogen and oxygen atoms in total. The van der Waals surface area contributed by atoms with Gasteiger partial charge in [0.1, 0.15) is 23.9 Å².